The normalized spacial score (nSPS) is 10.8. The number of rotatable bonds is 7. The number of para-hydroxylation sites is 1. The number of methoxy groups -OCH3 is 1. The van der Waals surface area contributed by atoms with E-state index in [2.05, 4.69) is 41.6 Å². The van der Waals surface area contributed by atoms with Crippen LogP contribution in [0.5, 0.6) is 11.5 Å². The Bertz CT molecular complexity index is 1030. The summed E-state index contributed by atoms with van der Waals surface area (Å²) in [5.41, 5.74) is 4.32. The van der Waals surface area contributed by atoms with Crippen LogP contribution in [-0.2, 0) is 6.61 Å². The second kappa shape index (κ2) is 9.14. The third-order valence-corrected chi connectivity index (χ3v) is 4.29. The summed E-state index contributed by atoms with van der Waals surface area (Å²) < 4.78 is 12.4. The van der Waals surface area contributed by atoms with Gasteiger partial charge in [0, 0.05) is 10.0 Å². The van der Waals surface area contributed by atoms with Gasteiger partial charge in [-0.1, -0.05) is 34.1 Å². The van der Waals surface area contributed by atoms with Gasteiger partial charge < -0.3 is 9.47 Å². The van der Waals surface area contributed by atoms with Crippen molar-refractivity contribution in [3.63, 3.8) is 0 Å². The number of anilines is 1. The van der Waals surface area contributed by atoms with Crippen molar-refractivity contribution in [3.8, 4) is 11.5 Å². The summed E-state index contributed by atoms with van der Waals surface area (Å²) in [7, 11) is 1.58. The van der Waals surface area contributed by atoms with Crippen molar-refractivity contribution in [1.82, 2.24) is 15.2 Å². The third kappa shape index (κ3) is 4.95. The van der Waals surface area contributed by atoms with E-state index in [4.69, 9.17) is 9.47 Å². The smallest absolute Gasteiger partial charge is 0.274 e. The van der Waals surface area contributed by atoms with Crippen LogP contribution in [0.15, 0.2) is 56.8 Å². The number of ether oxygens (including phenoxy) is 2. The predicted octanol–water partition coefficient (Wildman–Crippen LogP) is 3.27. The lowest BCUT2D eigenvalue weighted by Gasteiger charge is -2.13. The van der Waals surface area contributed by atoms with Crippen LogP contribution in [0, 0.1) is 6.92 Å². The van der Waals surface area contributed by atoms with Crippen molar-refractivity contribution in [2.45, 2.75) is 13.5 Å². The first-order chi connectivity index (χ1) is 13.6. The zero-order valence-corrected chi connectivity index (χ0v) is 16.9. The molecule has 0 bridgehead atoms. The van der Waals surface area contributed by atoms with E-state index in [-0.39, 0.29) is 17.2 Å². The molecule has 8 nitrogen and oxygen atoms in total. The molecule has 2 N–H and O–H groups in total. The van der Waals surface area contributed by atoms with E-state index in [1.54, 1.807) is 20.2 Å². The summed E-state index contributed by atoms with van der Waals surface area (Å²) in [6, 6.07) is 13.3. The van der Waals surface area contributed by atoms with Crippen LogP contribution in [0.2, 0.25) is 0 Å². The number of hydrogen-bond acceptors (Lipinski definition) is 7. The number of nitrogens with one attached hydrogen (secondary N) is 2. The molecule has 2 aromatic carbocycles. The fourth-order valence-electron chi connectivity index (χ4n) is 2.29. The molecule has 0 saturated heterocycles. The average molecular weight is 444 g/mol. The summed E-state index contributed by atoms with van der Waals surface area (Å²) in [5.74, 6) is 1.29. The van der Waals surface area contributed by atoms with E-state index in [1.165, 1.54) is 0 Å². The van der Waals surface area contributed by atoms with E-state index in [1.807, 2.05) is 42.5 Å². The molecular weight excluding hydrogens is 426 g/mol. The first-order valence-corrected chi connectivity index (χ1v) is 9.13. The zero-order chi connectivity index (χ0) is 19.9. The van der Waals surface area contributed by atoms with Gasteiger partial charge in [-0.3, -0.25) is 9.78 Å². The number of nitrogens with zero attached hydrogens (tertiary/aromatic N) is 3. The van der Waals surface area contributed by atoms with Gasteiger partial charge in [-0.2, -0.15) is 5.10 Å². The Balaban J connectivity index is 1.77. The summed E-state index contributed by atoms with van der Waals surface area (Å²) >= 11 is 3.42. The largest absolute Gasteiger partial charge is 0.493 e. The van der Waals surface area contributed by atoms with Crippen LogP contribution >= 0.6 is 15.9 Å². The van der Waals surface area contributed by atoms with Gasteiger partial charge in [0.1, 0.15) is 12.3 Å². The van der Waals surface area contributed by atoms with Crippen molar-refractivity contribution in [2.24, 2.45) is 5.10 Å². The van der Waals surface area contributed by atoms with Crippen LogP contribution in [0.4, 0.5) is 5.95 Å². The average Bonchev–Trinajstić information content (AvgIpc) is 2.70. The van der Waals surface area contributed by atoms with Crippen LogP contribution in [0.1, 0.15) is 16.8 Å². The quantitative estimate of drug-likeness (QED) is 0.429. The standard InChI is InChI=1S/C19H18BrN5O3/c1-12-18(26)22-19(25-23-12)24-21-10-14-4-3-5-16(27-2)17(14)28-11-13-6-8-15(20)9-7-13/h3-10H,11H2,1-2H3,(H2,22,24,25,26)/b21-10+. The minimum atomic E-state index is -0.326. The summed E-state index contributed by atoms with van der Waals surface area (Å²) in [6.45, 7) is 1.95. The number of benzene rings is 2. The highest BCUT2D eigenvalue weighted by Gasteiger charge is 2.10. The zero-order valence-electron chi connectivity index (χ0n) is 15.3. The molecule has 0 saturated carbocycles. The van der Waals surface area contributed by atoms with Crippen LogP contribution in [-0.4, -0.2) is 28.5 Å². The molecule has 0 radical (unpaired) electrons. The SMILES string of the molecule is COc1cccc(/C=N/Nc2nnc(C)c(=O)[nH]2)c1OCc1ccc(Br)cc1. The lowest BCUT2D eigenvalue weighted by atomic mass is 10.2. The maximum absolute atomic E-state index is 11.6. The number of aromatic amines is 1. The van der Waals surface area contributed by atoms with Gasteiger partial charge in [-0.25, -0.2) is 5.43 Å². The fourth-order valence-corrected chi connectivity index (χ4v) is 2.56. The third-order valence-electron chi connectivity index (χ3n) is 3.76. The number of hydrogen-bond donors (Lipinski definition) is 2. The molecule has 1 aromatic heterocycles. The molecule has 3 aromatic rings. The first-order valence-electron chi connectivity index (χ1n) is 8.33. The molecule has 9 heteroatoms. The number of halogens is 1. The van der Waals surface area contributed by atoms with Gasteiger partial charge in [0.05, 0.1) is 13.3 Å². The van der Waals surface area contributed by atoms with Crippen molar-refractivity contribution in [1.29, 1.82) is 0 Å². The molecule has 0 atom stereocenters. The lowest BCUT2D eigenvalue weighted by Crippen LogP contribution is -2.15. The van der Waals surface area contributed by atoms with Crippen LogP contribution in [0.3, 0.4) is 0 Å². The van der Waals surface area contributed by atoms with Crippen LogP contribution in [0.25, 0.3) is 0 Å². The van der Waals surface area contributed by atoms with Gasteiger partial charge in [-0.15, -0.1) is 10.2 Å². The molecule has 0 spiro atoms. The van der Waals surface area contributed by atoms with Gasteiger partial charge in [0.25, 0.3) is 5.56 Å². The topological polar surface area (TPSA) is 101 Å². The molecule has 0 unspecified atom stereocenters. The summed E-state index contributed by atoms with van der Waals surface area (Å²) in [4.78, 5) is 14.1. The highest BCUT2D eigenvalue weighted by Crippen LogP contribution is 2.31. The van der Waals surface area contributed by atoms with Crippen molar-refractivity contribution >= 4 is 28.1 Å². The Hall–Kier alpha value is -3.20. The Morgan fingerprint density at radius 1 is 1.21 bits per heavy atom. The Kier molecular flexibility index (Phi) is 6.38. The first kappa shape index (κ1) is 19.6. The van der Waals surface area contributed by atoms with Gasteiger partial charge in [0.15, 0.2) is 11.5 Å². The number of aryl methyl sites for hydroxylation is 1. The van der Waals surface area contributed by atoms with Gasteiger partial charge >= 0.3 is 0 Å². The van der Waals surface area contributed by atoms with Gasteiger partial charge in [-0.05, 0) is 36.8 Å². The minimum absolute atomic E-state index is 0.145. The highest BCUT2D eigenvalue weighted by molar-refractivity contribution is 9.10. The highest BCUT2D eigenvalue weighted by atomic mass is 79.9. The second-order valence-electron chi connectivity index (χ2n) is 5.75. The van der Waals surface area contributed by atoms with E-state index >= 15 is 0 Å². The monoisotopic (exact) mass is 443 g/mol. The Morgan fingerprint density at radius 2 is 2.00 bits per heavy atom. The lowest BCUT2D eigenvalue weighted by molar-refractivity contribution is 0.284. The minimum Gasteiger partial charge on any atom is -0.493 e. The molecule has 3 rings (SSSR count). The second-order valence-corrected chi connectivity index (χ2v) is 6.67. The summed E-state index contributed by atoms with van der Waals surface area (Å²) in [5, 5.41) is 11.7. The predicted molar refractivity (Wildman–Crippen MR) is 110 cm³/mol. The molecule has 0 aliphatic carbocycles. The molecular formula is C19H18BrN5O3. The van der Waals surface area contributed by atoms with Crippen molar-refractivity contribution in [2.75, 3.05) is 12.5 Å². The number of hydrazone groups is 1. The molecule has 0 fully saturated rings. The molecule has 28 heavy (non-hydrogen) atoms. The maximum Gasteiger partial charge on any atom is 0.274 e. The Morgan fingerprint density at radius 3 is 2.71 bits per heavy atom. The molecule has 1 heterocycles. The van der Waals surface area contributed by atoms with Crippen molar-refractivity contribution in [3.05, 3.63) is 74.1 Å². The van der Waals surface area contributed by atoms with E-state index in [0.717, 1.165) is 10.0 Å². The molecule has 0 aliphatic heterocycles. The fraction of sp³-hybridized carbons (Fsp3) is 0.158. The van der Waals surface area contributed by atoms with Gasteiger partial charge in [0.2, 0.25) is 5.95 Å². The summed E-state index contributed by atoms with van der Waals surface area (Å²) in [6.07, 6.45) is 1.55. The maximum atomic E-state index is 11.6. The van der Waals surface area contributed by atoms with E-state index < -0.39 is 0 Å². The van der Waals surface area contributed by atoms with E-state index in [0.29, 0.717) is 23.7 Å². The molecule has 0 aliphatic rings. The number of H-pyrrole nitrogens is 1. The molecule has 0 amide bonds. The Labute approximate surface area is 169 Å². The van der Waals surface area contributed by atoms with E-state index in [9.17, 15) is 4.79 Å². The molecule has 144 valence electrons. The van der Waals surface area contributed by atoms with Crippen LogP contribution < -0.4 is 20.5 Å². The van der Waals surface area contributed by atoms with Crippen molar-refractivity contribution < 1.29 is 9.47 Å². The number of aromatic nitrogens is 3.